The van der Waals surface area contributed by atoms with Gasteiger partial charge in [0.25, 0.3) is 5.91 Å². The molecule has 210 valence electrons. The number of piperidine rings is 1. The average molecular weight is 544 g/mol. The maximum atomic E-state index is 13.5. The maximum absolute atomic E-state index is 13.5. The van der Waals surface area contributed by atoms with Crippen molar-refractivity contribution in [2.75, 3.05) is 43.7 Å². The molecule has 0 bridgehead atoms. The van der Waals surface area contributed by atoms with E-state index < -0.39 is 5.97 Å². The molecule has 1 amide bonds. The Morgan fingerprint density at radius 1 is 1.02 bits per heavy atom. The summed E-state index contributed by atoms with van der Waals surface area (Å²) in [5, 5.41) is 9.36. The summed E-state index contributed by atoms with van der Waals surface area (Å²) in [6, 6.07) is 19.1. The van der Waals surface area contributed by atoms with Gasteiger partial charge in [0.2, 0.25) is 0 Å². The summed E-state index contributed by atoms with van der Waals surface area (Å²) in [5.74, 6) is 2.15. The predicted octanol–water partition coefficient (Wildman–Crippen LogP) is 5.63. The van der Waals surface area contributed by atoms with Gasteiger partial charge in [-0.15, -0.1) is 0 Å². The van der Waals surface area contributed by atoms with Gasteiger partial charge in [0.15, 0.2) is 0 Å². The van der Waals surface area contributed by atoms with Crippen molar-refractivity contribution in [1.82, 2.24) is 4.98 Å². The topological polar surface area (TPSA) is 92.2 Å². The molecule has 1 saturated heterocycles. The molecule has 2 heterocycles. The number of rotatable bonds is 11. The number of anilines is 2. The van der Waals surface area contributed by atoms with Gasteiger partial charge in [0, 0.05) is 32.4 Å². The number of hydrogen-bond acceptors (Lipinski definition) is 6. The highest BCUT2D eigenvalue weighted by Crippen LogP contribution is 2.45. The fourth-order valence-corrected chi connectivity index (χ4v) is 5.55. The van der Waals surface area contributed by atoms with Crippen molar-refractivity contribution in [3.8, 4) is 11.5 Å². The average Bonchev–Trinajstić information content (AvgIpc) is 3.84. The molecule has 0 radical (unpaired) electrons. The molecule has 1 aliphatic carbocycles. The Balaban J connectivity index is 1.22. The fraction of sp³-hybridized carbons (Fsp3) is 0.406. The lowest BCUT2D eigenvalue weighted by atomic mass is 9.91. The largest absolute Gasteiger partial charge is 0.497 e. The van der Waals surface area contributed by atoms with Crippen molar-refractivity contribution in [2.24, 2.45) is 11.8 Å². The van der Waals surface area contributed by atoms with Gasteiger partial charge in [-0.3, -0.25) is 14.5 Å². The number of nitrogens with zero attached hydrogens (tertiary/aromatic N) is 3. The molecule has 1 aromatic heterocycles. The second-order valence-corrected chi connectivity index (χ2v) is 10.8. The number of hydrogen-bond donors (Lipinski definition) is 1. The minimum absolute atomic E-state index is 0.0563. The summed E-state index contributed by atoms with van der Waals surface area (Å²) < 4.78 is 11.7. The minimum Gasteiger partial charge on any atom is -0.497 e. The van der Waals surface area contributed by atoms with Crippen LogP contribution in [0, 0.1) is 11.8 Å². The molecule has 1 unspecified atom stereocenters. The van der Waals surface area contributed by atoms with Crippen molar-refractivity contribution < 1.29 is 24.2 Å². The molecular weight excluding hydrogens is 506 g/mol. The molecule has 2 aliphatic rings. The number of carbonyl (C=O) groups is 2. The Hall–Kier alpha value is -4.07. The van der Waals surface area contributed by atoms with Gasteiger partial charge in [-0.25, -0.2) is 4.98 Å². The lowest BCUT2D eigenvalue weighted by Gasteiger charge is -2.35. The Morgan fingerprint density at radius 2 is 1.82 bits per heavy atom. The smallest absolute Gasteiger partial charge is 0.303 e. The highest BCUT2D eigenvalue weighted by molar-refractivity contribution is 6.09. The van der Waals surface area contributed by atoms with Crippen LogP contribution in [0.3, 0.4) is 0 Å². The monoisotopic (exact) mass is 543 g/mol. The number of pyridine rings is 1. The van der Waals surface area contributed by atoms with Gasteiger partial charge in [-0.2, -0.15) is 0 Å². The molecule has 1 saturated carbocycles. The van der Waals surface area contributed by atoms with Crippen molar-refractivity contribution in [3.63, 3.8) is 0 Å². The third kappa shape index (κ3) is 6.55. The van der Waals surface area contributed by atoms with Gasteiger partial charge in [0.1, 0.15) is 17.3 Å². The lowest BCUT2D eigenvalue weighted by Crippen LogP contribution is -2.37. The first-order valence-electron chi connectivity index (χ1n) is 14.0. The molecule has 3 aromatic rings. The molecule has 1 aliphatic heterocycles. The standard InChI is InChI=1S/C32H37N3O5/c1-34(30-8-3-4-15-33-30)32(38)27-12-11-25(39-2)19-29(27)35-16-13-22(14-17-35)21-40-26-7-5-6-24(18-26)28(20-31(36)37)23-9-10-23/h3-8,11-12,15,18-19,22-23,28H,9-10,13-14,16-17,20-21H2,1-2H3,(H,36,37). The third-order valence-corrected chi connectivity index (χ3v) is 8.05. The zero-order valence-electron chi connectivity index (χ0n) is 23.2. The Labute approximate surface area is 235 Å². The molecule has 2 fully saturated rings. The van der Waals surface area contributed by atoms with Gasteiger partial charge >= 0.3 is 5.97 Å². The van der Waals surface area contributed by atoms with Gasteiger partial charge in [0.05, 0.1) is 31.4 Å². The van der Waals surface area contributed by atoms with Crippen molar-refractivity contribution >= 4 is 23.4 Å². The van der Waals surface area contributed by atoms with Crippen LogP contribution in [0.2, 0.25) is 0 Å². The van der Waals surface area contributed by atoms with E-state index in [-0.39, 0.29) is 18.2 Å². The van der Waals surface area contributed by atoms with Gasteiger partial charge in [-0.1, -0.05) is 18.2 Å². The molecule has 1 N–H and O–H groups in total. The Kier molecular flexibility index (Phi) is 8.53. The highest BCUT2D eigenvalue weighted by atomic mass is 16.5. The van der Waals surface area contributed by atoms with E-state index in [1.54, 1.807) is 25.3 Å². The van der Waals surface area contributed by atoms with Crippen LogP contribution in [0.15, 0.2) is 66.9 Å². The second-order valence-electron chi connectivity index (χ2n) is 10.8. The Morgan fingerprint density at radius 3 is 2.50 bits per heavy atom. The number of ether oxygens (including phenoxy) is 2. The molecule has 1 atom stereocenters. The molecular formula is C32H37N3O5. The number of aliphatic carboxylic acids is 1. The van der Waals surface area contributed by atoms with E-state index in [1.165, 1.54) is 0 Å². The first-order chi connectivity index (χ1) is 19.4. The van der Waals surface area contributed by atoms with E-state index in [9.17, 15) is 14.7 Å². The lowest BCUT2D eigenvalue weighted by molar-refractivity contribution is -0.137. The number of carboxylic acid groups (broad SMARTS) is 1. The van der Waals surface area contributed by atoms with Gasteiger partial charge in [-0.05, 0) is 85.4 Å². The summed E-state index contributed by atoms with van der Waals surface area (Å²) in [6.45, 7) is 2.21. The van der Waals surface area contributed by atoms with Crippen LogP contribution >= 0.6 is 0 Å². The Bertz CT molecular complexity index is 1320. The highest BCUT2D eigenvalue weighted by Gasteiger charge is 2.34. The molecule has 40 heavy (non-hydrogen) atoms. The van der Waals surface area contributed by atoms with Crippen LogP contribution in [0.25, 0.3) is 0 Å². The first kappa shape index (κ1) is 27.5. The van der Waals surface area contributed by atoms with Crippen LogP contribution < -0.4 is 19.3 Å². The number of amides is 1. The van der Waals surface area contributed by atoms with Crippen LogP contribution in [0.5, 0.6) is 11.5 Å². The SMILES string of the molecule is COc1ccc(C(=O)N(C)c2ccccn2)c(N2CCC(COc3cccc(C(CC(=O)O)C4CC4)c3)CC2)c1. The summed E-state index contributed by atoms with van der Waals surface area (Å²) >= 11 is 0. The van der Waals surface area contributed by atoms with Crippen molar-refractivity contribution in [2.45, 2.75) is 38.0 Å². The van der Waals surface area contributed by atoms with E-state index in [0.717, 1.165) is 55.8 Å². The number of carbonyl (C=O) groups excluding carboxylic acids is 1. The van der Waals surface area contributed by atoms with Crippen molar-refractivity contribution in [1.29, 1.82) is 0 Å². The van der Waals surface area contributed by atoms with Crippen LogP contribution in [-0.4, -0.2) is 55.8 Å². The molecule has 0 spiro atoms. The second kappa shape index (κ2) is 12.4. The molecule has 8 nitrogen and oxygen atoms in total. The zero-order chi connectivity index (χ0) is 28.1. The molecule has 8 heteroatoms. The number of aromatic nitrogens is 1. The fourth-order valence-electron chi connectivity index (χ4n) is 5.55. The zero-order valence-corrected chi connectivity index (χ0v) is 23.2. The third-order valence-electron chi connectivity index (χ3n) is 8.05. The number of methoxy groups -OCH3 is 1. The normalized spacial score (nSPS) is 16.3. The molecule has 2 aromatic carbocycles. The van der Waals surface area contributed by atoms with E-state index in [2.05, 4.69) is 9.88 Å². The molecule has 5 rings (SSSR count). The number of carboxylic acids is 1. The summed E-state index contributed by atoms with van der Waals surface area (Å²) in [4.78, 5) is 33.0. The first-order valence-corrected chi connectivity index (χ1v) is 14.0. The van der Waals surface area contributed by atoms with E-state index >= 15 is 0 Å². The quantitative estimate of drug-likeness (QED) is 0.335. The van der Waals surface area contributed by atoms with Crippen molar-refractivity contribution in [3.05, 3.63) is 78.0 Å². The number of benzene rings is 2. The van der Waals surface area contributed by atoms with Crippen LogP contribution in [-0.2, 0) is 4.79 Å². The van der Waals surface area contributed by atoms with E-state index in [4.69, 9.17) is 9.47 Å². The van der Waals surface area contributed by atoms with Crippen LogP contribution in [0.4, 0.5) is 11.5 Å². The summed E-state index contributed by atoms with van der Waals surface area (Å²) in [5.41, 5.74) is 2.54. The predicted molar refractivity (Wildman–Crippen MR) is 155 cm³/mol. The summed E-state index contributed by atoms with van der Waals surface area (Å²) in [6.07, 6.45) is 5.91. The maximum Gasteiger partial charge on any atom is 0.303 e. The summed E-state index contributed by atoms with van der Waals surface area (Å²) in [7, 11) is 3.37. The van der Waals surface area contributed by atoms with Gasteiger partial charge < -0.3 is 19.5 Å². The van der Waals surface area contributed by atoms with E-state index in [1.807, 2.05) is 60.7 Å². The minimum atomic E-state index is -0.751. The van der Waals surface area contributed by atoms with E-state index in [0.29, 0.717) is 35.6 Å². The van der Waals surface area contributed by atoms with Crippen LogP contribution in [0.1, 0.15) is 53.9 Å².